The predicted octanol–water partition coefficient (Wildman–Crippen LogP) is 11.9. The first kappa shape index (κ1) is 28.3. The molecule has 10 aromatic rings. The third-order valence-electron chi connectivity index (χ3n) is 10.5. The molecule has 1 atom stereocenters. The summed E-state index contributed by atoms with van der Waals surface area (Å²) in [5.41, 5.74) is 8.29. The number of fused-ring (bicyclic) bond motifs is 3. The molecule has 1 aliphatic carbocycles. The van der Waals surface area contributed by atoms with Gasteiger partial charge in [0.1, 0.15) is 11.2 Å². The molecule has 5 nitrogen and oxygen atoms in total. The second-order valence-electron chi connectivity index (χ2n) is 13.7. The van der Waals surface area contributed by atoms with Crippen molar-refractivity contribution in [2.45, 2.75) is 13.3 Å². The molecule has 3 heterocycles. The number of aromatic nitrogens is 4. The summed E-state index contributed by atoms with van der Waals surface area (Å²) in [5.74, 6) is 2.32. The fourth-order valence-corrected chi connectivity index (χ4v) is 8.37. The first-order chi connectivity index (χ1) is 25.2. The molecule has 0 saturated carbocycles. The highest BCUT2D eigenvalue weighted by molar-refractivity contribution is 6.38. The molecule has 0 amide bonds. The lowest BCUT2D eigenvalue weighted by Crippen LogP contribution is -2.09. The number of hydrogen-bond acceptors (Lipinski definition) is 4. The smallest absolute Gasteiger partial charge is 0.164 e. The average Bonchev–Trinajstić information content (AvgIpc) is 3.73. The summed E-state index contributed by atoms with van der Waals surface area (Å²) >= 11 is 0. The van der Waals surface area contributed by atoms with Crippen LogP contribution < -0.4 is 0 Å². The minimum absolute atomic E-state index is 0.259. The van der Waals surface area contributed by atoms with Gasteiger partial charge in [-0.25, -0.2) is 15.0 Å². The Bertz CT molecular complexity index is 3000. The Morgan fingerprint density at radius 2 is 1.08 bits per heavy atom. The number of rotatable bonds is 4. The molecule has 0 saturated heterocycles. The van der Waals surface area contributed by atoms with Gasteiger partial charge in [0.2, 0.25) is 0 Å². The van der Waals surface area contributed by atoms with Crippen LogP contribution in [0, 0.1) is 5.92 Å². The molecule has 240 valence electrons. The largest absolute Gasteiger partial charge is 0.456 e. The molecule has 1 unspecified atom stereocenters. The van der Waals surface area contributed by atoms with E-state index in [4.69, 9.17) is 19.4 Å². The molecule has 0 fully saturated rings. The molecule has 11 rings (SSSR count). The number of allylic oxidation sites excluding steroid dienone is 4. The van der Waals surface area contributed by atoms with Crippen LogP contribution in [0.25, 0.3) is 99.3 Å². The van der Waals surface area contributed by atoms with E-state index in [0.717, 1.165) is 45.5 Å². The third kappa shape index (κ3) is 4.18. The number of furan rings is 1. The second-order valence-corrected chi connectivity index (χ2v) is 13.7. The summed E-state index contributed by atoms with van der Waals surface area (Å²) in [7, 11) is 0. The lowest BCUT2D eigenvalue weighted by Gasteiger charge is -2.21. The highest BCUT2D eigenvalue weighted by atomic mass is 16.3. The predicted molar refractivity (Wildman–Crippen MR) is 210 cm³/mol. The molecule has 51 heavy (non-hydrogen) atoms. The topological polar surface area (TPSA) is 56.7 Å². The zero-order chi connectivity index (χ0) is 33.6. The zero-order valence-electron chi connectivity index (χ0n) is 27.8. The molecule has 0 spiro atoms. The number of nitrogens with zero attached hydrogens (tertiary/aromatic N) is 4. The van der Waals surface area contributed by atoms with E-state index in [9.17, 15) is 0 Å². The monoisotopic (exact) mass is 654 g/mol. The Hall–Kier alpha value is -6.59. The van der Waals surface area contributed by atoms with Crippen LogP contribution >= 0.6 is 0 Å². The summed E-state index contributed by atoms with van der Waals surface area (Å²) in [5, 5.41) is 9.71. The Morgan fingerprint density at radius 3 is 1.78 bits per heavy atom. The number of hydrogen-bond donors (Lipinski definition) is 0. The highest BCUT2D eigenvalue weighted by Crippen LogP contribution is 2.47. The fraction of sp³-hybridized carbons (Fsp3) is 0.0652. The van der Waals surface area contributed by atoms with Crippen LogP contribution in [-0.4, -0.2) is 19.5 Å². The van der Waals surface area contributed by atoms with Gasteiger partial charge >= 0.3 is 0 Å². The van der Waals surface area contributed by atoms with E-state index in [1.807, 2.05) is 36.4 Å². The minimum Gasteiger partial charge on any atom is -0.456 e. The Kier molecular flexibility index (Phi) is 5.93. The van der Waals surface area contributed by atoms with E-state index >= 15 is 0 Å². The second kappa shape index (κ2) is 10.7. The van der Waals surface area contributed by atoms with Crippen LogP contribution in [0.5, 0.6) is 0 Å². The maximum absolute atomic E-state index is 6.57. The molecular formula is C46H30N4O. The molecule has 0 radical (unpaired) electrons. The molecule has 0 aliphatic heterocycles. The van der Waals surface area contributed by atoms with Gasteiger partial charge in [0.25, 0.3) is 0 Å². The average molecular weight is 655 g/mol. The fourth-order valence-electron chi connectivity index (χ4n) is 8.37. The Balaban J connectivity index is 1.21. The van der Waals surface area contributed by atoms with E-state index in [0.29, 0.717) is 17.5 Å². The zero-order valence-corrected chi connectivity index (χ0v) is 27.8. The van der Waals surface area contributed by atoms with Gasteiger partial charge in [-0.3, -0.25) is 0 Å². The first-order valence-electron chi connectivity index (χ1n) is 17.5. The van der Waals surface area contributed by atoms with Crippen molar-refractivity contribution in [3.05, 3.63) is 151 Å². The van der Waals surface area contributed by atoms with Gasteiger partial charge in [-0.2, -0.15) is 0 Å². The maximum atomic E-state index is 6.57. The van der Waals surface area contributed by atoms with Crippen LogP contribution in [0.1, 0.15) is 19.2 Å². The van der Waals surface area contributed by atoms with Gasteiger partial charge in [0.15, 0.2) is 17.5 Å². The van der Waals surface area contributed by atoms with Gasteiger partial charge < -0.3 is 8.98 Å². The van der Waals surface area contributed by atoms with Gasteiger partial charge in [-0.05, 0) is 69.8 Å². The molecule has 1 aliphatic rings. The summed E-state index contributed by atoms with van der Waals surface area (Å²) in [6.45, 7) is 2.28. The van der Waals surface area contributed by atoms with Crippen LogP contribution in [0.3, 0.4) is 0 Å². The Morgan fingerprint density at radius 1 is 0.510 bits per heavy atom. The third-order valence-corrected chi connectivity index (χ3v) is 10.5. The van der Waals surface area contributed by atoms with Crippen molar-refractivity contribution >= 4 is 76.6 Å². The van der Waals surface area contributed by atoms with E-state index in [-0.39, 0.29) is 5.92 Å². The van der Waals surface area contributed by atoms with Crippen molar-refractivity contribution in [2.75, 3.05) is 0 Å². The van der Waals surface area contributed by atoms with Crippen molar-refractivity contribution in [2.24, 2.45) is 5.92 Å². The van der Waals surface area contributed by atoms with Crippen LogP contribution in [0.15, 0.2) is 150 Å². The maximum Gasteiger partial charge on any atom is 0.164 e. The van der Waals surface area contributed by atoms with E-state index < -0.39 is 0 Å². The van der Waals surface area contributed by atoms with Crippen molar-refractivity contribution in [1.29, 1.82) is 0 Å². The van der Waals surface area contributed by atoms with E-state index in [1.54, 1.807) is 0 Å². The summed E-state index contributed by atoms with van der Waals surface area (Å²) in [6.07, 6.45) is 5.51. The van der Waals surface area contributed by atoms with Crippen molar-refractivity contribution < 1.29 is 4.42 Å². The van der Waals surface area contributed by atoms with Crippen molar-refractivity contribution in [3.8, 4) is 22.8 Å². The summed E-state index contributed by atoms with van der Waals surface area (Å²) in [4.78, 5) is 15.2. The minimum atomic E-state index is 0.259. The van der Waals surface area contributed by atoms with Crippen molar-refractivity contribution in [3.63, 3.8) is 0 Å². The lowest BCUT2D eigenvalue weighted by atomic mass is 9.93. The molecular weight excluding hydrogens is 625 g/mol. The molecule has 3 aromatic heterocycles. The molecule has 0 N–H and O–H groups in total. The van der Waals surface area contributed by atoms with Crippen LogP contribution in [0.2, 0.25) is 0 Å². The first-order valence-corrected chi connectivity index (χ1v) is 17.5. The van der Waals surface area contributed by atoms with Crippen molar-refractivity contribution in [1.82, 2.24) is 19.5 Å². The van der Waals surface area contributed by atoms with E-state index in [1.165, 1.54) is 48.6 Å². The Labute approximate surface area is 293 Å². The van der Waals surface area contributed by atoms with Gasteiger partial charge in [0, 0.05) is 38.4 Å². The number of benzene rings is 6. The van der Waals surface area contributed by atoms with Crippen LogP contribution in [0.4, 0.5) is 0 Å². The summed E-state index contributed by atoms with van der Waals surface area (Å²) in [6, 6.07) is 46.7. The molecule has 5 heteroatoms. The SMILES string of the molecule is CC1C=C(n2c3cccc4c5ccccc5c5cccc6oc7ccc2c(c7c65)c43)C=C(c2nc(-c3ccccc3)nc(-c3ccccc3)n2)C1. The quantitative estimate of drug-likeness (QED) is 0.189. The van der Waals surface area contributed by atoms with Crippen LogP contribution in [-0.2, 0) is 0 Å². The lowest BCUT2D eigenvalue weighted by molar-refractivity contribution is 0.669. The summed E-state index contributed by atoms with van der Waals surface area (Å²) < 4.78 is 9.01. The van der Waals surface area contributed by atoms with Gasteiger partial charge in [-0.15, -0.1) is 0 Å². The highest BCUT2D eigenvalue weighted by Gasteiger charge is 2.25. The van der Waals surface area contributed by atoms with Gasteiger partial charge in [0.05, 0.1) is 11.0 Å². The molecule has 0 bridgehead atoms. The molecule has 7 aromatic carbocycles. The standard InChI is InChI=1S/C46H30N4O/c1-27-24-30(46-48-44(28-12-4-2-5-13-28)47-45(49-46)29-14-6-3-7-15-29)26-31(25-27)50-36-20-10-18-34-32-16-8-9-17-33(32)35-19-11-21-38-41(35)43-39(51-38)23-22-37(50)42(43)40(34)36/h2-23,25-27H,24H2,1H3. The van der Waals surface area contributed by atoms with E-state index in [2.05, 4.69) is 121 Å². The van der Waals surface area contributed by atoms with Gasteiger partial charge in [-0.1, -0.05) is 122 Å². The normalized spacial score (nSPS) is 15.1.